The Hall–Kier alpha value is -1.99. The Morgan fingerprint density at radius 3 is 2.81 bits per heavy atom. The summed E-state index contributed by atoms with van der Waals surface area (Å²) in [5, 5.41) is 5.82. The van der Waals surface area contributed by atoms with Gasteiger partial charge in [-0.25, -0.2) is 27.6 Å². The number of likely N-dealkylation sites (tertiary alicyclic amines) is 1. The normalized spacial score (nSPS) is 20.3. The zero-order valence-corrected chi connectivity index (χ0v) is 22.6. The van der Waals surface area contributed by atoms with Crippen LogP contribution in [0.3, 0.4) is 0 Å². The van der Waals surface area contributed by atoms with Crippen molar-refractivity contribution in [2.75, 3.05) is 39.0 Å². The summed E-state index contributed by atoms with van der Waals surface area (Å²) < 4.78 is 46.1. The number of nitrogens with two attached hydrogens (primary N) is 1. The highest BCUT2D eigenvalue weighted by atomic mass is 79.9. The molecule has 0 radical (unpaired) electrons. The van der Waals surface area contributed by atoms with E-state index in [-0.39, 0.29) is 5.41 Å². The zero-order valence-electron chi connectivity index (χ0n) is 20.2. The van der Waals surface area contributed by atoms with E-state index < -0.39 is 15.8 Å². The molecule has 5 rings (SSSR count). The lowest BCUT2D eigenvalue weighted by atomic mass is 9.75. The highest BCUT2D eigenvalue weighted by Crippen LogP contribution is 2.43. The summed E-state index contributed by atoms with van der Waals surface area (Å²) in [6, 6.07) is 5.14. The lowest BCUT2D eigenvalue weighted by Crippen LogP contribution is -2.78. The summed E-state index contributed by atoms with van der Waals surface area (Å²) in [6.07, 6.45) is 6.82. The summed E-state index contributed by atoms with van der Waals surface area (Å²) in [5.41, 5.74) is 9.61. The van der Waals surface area contributed by atoms with Gasteiger partial charge in [-0.3, -0.25) is 4.90 Å². The molecule has 0 amide bonds. The van der Waals surface area contributed by atoms with Crippen LogP contribution in [0.1, 0.15) is 31.2 Å². The van der Waals surface area contributed by atoms with E-state index in [4.69, 9.17) is 10.3 Å². The summed E-state index contributed by atoms with van der Waals surface area (Å²) in [5.74, 6) is 1.05. The standard InChI is InChI=1S/C24H30BrFN6O3S/c1-36(33,34)32-14-24(15-32)7-2-8-31(13-24)12-17-9-18(26)11-29-23(17)35-20-6-5-19(22(30-27)21(20)25)28-10-16-3-4-16/h5-6,9,11,16,27-28H,2-4,7-8,10,12-15H2,1H3/p+1. The monoisotopic (exact) mass is 581 g/mol. The van der Waals surface area contributed by atoms with Crippen molar-refractivity contribution in [1.29, 1.82) is 5.53 Å². The van der Waals surface area contributed by atoms with Crippen molar-refractivity contribution in [3.05, 3.63) is 40.2 Å². The third-order valence-electron chi connectivity index (χ3n) is 7.32. The smallest absolute Gasteiger partial charge is 0.223 e. The van der Waals surface area contributed by atoms with Crippen LogP contribution in [-0.2, 0) is 16.6 Å². The first-order valence-electron chi connectivity index (χ1n) is 12.2. The number of sulfonamides is 1. The molecular weight excluding hydrogens is 551 g/mol. The van der Waals surface area contributed by atoms with E-state index in [1.807, 2.05) is 12.1 Å². The van der Waals surface area contributed by atoms with Gasteiger partial charge in [0.15, 0.2) is 11.4 Å². The van der Waals surface area contributed by atoms with Gasteiger partial charge in [0, 0.05) is 49.1 Å². The maximum absolute atomic E-state index is 14.2. The number of piperidine rings is 1. The summed E-state index contributed by atoms with van der Waals surface area (Å²) >= 11 is 3.54. The minimum absolute atomic E-state index is 0.0521. The number of nitrogens with zero attached hydrogens (tertiary/aromatic N) is 4. The fraction of sp³-hybridized carbons (Fsp3) is 0.542. The molecule has 3 N–H and O–H groups in total. The van der Waals surface area contributed by atoms with E-state index >= 15 is 0 Å². The Balaban J connectivity index is 1.32. The molecule has 1 aromatic carbocycles. The van der Waals surface area contributed by atoms with Gasteiger partial charge in [-0.05, 0) is 60.3 Å². The fourth-order valence-corrected chi connectivity index (χ4v) is 6.77. The number of nitrogens with one attached hydrogen (secondary N) is 1. The van der Waals surface area contributed by atoms with Crippen LogP contribution in [-0.4, -0.2) is 61.6 Å². The van der Waals surface area contributed by atoms with Gasteiger partial charge in [-0.15, -0.1) is 0 Å². The van der Waals surface area contributed by atoms with Crippen LogP contribution in [0.15, 0.2) is 34.0 Å². The predicted molar refractivity (Wildman–Crippen MR) is 136 cm³/mol. The number of hydrogen-bond donors (Lipinski definition) is 2. The summed E-state index contributed by atoms with van der Waals surface area (Å²) in [4.78, 5) is 6.45. The number of ether oxygens (including phenoxy) is 1. The lowest BCUT2D eigenvalue weighted by molar-refractivity contribution is -0.574. The fourth-order valence-electron chi connectivity index (χ4n) is 5.22. The first-order valence-corrected chi connectivity index (χ1v) is 14.8. The molecule has 1 aromatic heterocycles. The second-order valence-corrected chi connectivity index (χ2v) is 13.2. The van der Waals surface area contributed by atoms with Gasteiger partial charge in [-0.1, -0.05) is 0 Å². The van der Waals surface area contributed by atoms with Crippen LogP contribution < -0.4 is 10.1 Å². The van der Waals surface area contributed by atoms with E-state index in [0.29, 0.717) is 47.0 Å². The maximum Gasteiger partial charge on any atom is 0.223 e. The van der Waals surface area contributed by atoms with Crippen LogP contribution in [0.25, 0.3) is 0 Å². The molecule has 1 aliphatic carbocycles. The minimum atomic E-state index is -3.18. The first-order chi connectivity index (χ1) is 17.2. The predicted octanol–water partition coefficient (Wildman–Crippen LogP) is 3.90. The first kappa shape index (κ1) is 25.7. The van der Waals surface area contributed by atoms with E-state index in [0.717, 1.165) is 50.3 Å². The van der Waals surface area contributed by atoms with Gasteiger partial charge < -0.3 is 10.1 Å². The largest absolute Gasteiger partial charge is 0.437 e. The van der Waals surface area contributed by atoms with Crippen molar-refractivity contribution in [3.8, 4) is 11.6 Å². The van der Waals surface area contributed by atoms with Crippen LogP contribution >= 0.6 is 15.9 Å². The van der Waals surface area contributed by atoms with Gasteiger partial charge >= 0.3 is 0 Å². The number of aromatic nitrogens is 1. The number of quaternary nitrogens is 1. The summed E-state index contributed by atoms with van der Waals surface area (Å²) in [6.45, 7) is 4.06. The molecule has 1 saturated carbocycles. The third-order valence-corrected chi connectivity index (χ3v) is 9.28. The average Bonchev–Trinajstić information content (AvgIpc) is 3.63. The SMILES string of the molecule is CS(=O)(=O)N1CC2(CCCN(Cc3cc(F)cnc3Oc3ccc([NH2+]CC4CC4)c(N=N)c3Br)C2)C1. The Morgan fingerprint density at radius 2 is 2.11 bits per heavy atom. The molecule has 3 heterocycles. The van der Waals surface area contributed by atoms with Crippen molar-refractivity contribution < 1.29 is 22.9 Å². The minimum Gasteiger partial charge on any atom is -0.437 e. The highest BCUT2D eigenvalue weighted by Gasteiger charge is 2.48. The number of benzene rings is 1. The van der Waals surface area contributed by atoms with Crippen molar-refractivity contribution in [2.24, 2.45) is 16.4 Å². The van der Waals surface area contributed by atoms with Crippen LogP contribution in [0, 0.1) is 22.7 Å². The van der Waals surface area contributed by atoms with Gasteiger partial charge in [0.2, 0.25) is 15.9 Å². The van der Waals surface area contributed by atoms with Gasteiger partial charge in [0.05, 0.1) is 23.5 Å². The Morgan fingerprint density at radius 1 is 1.33 bits per heavy atom. The number of pyridine rings is 1. The second-order valence-electron chi connectivity index (χ2n) is 10.4. The topological polar surface area (TPSA) is 116 Å². The van der Waals surface area contributed by atoms with Gasteiger partial charge in [0.25, 0.3) is 0 Å². The average molecular weight is 583 g/mol. The molecule has 0 bridgehead atoms. The maximum atomic E-state index is 14.2. The van der Waals surface area contributed by atoms with E-state index in [9.17, 15) is 12.8 Å². The molecule has 36 heavy (non-hydrogen) atoms. The van der Waals surface area contributed by atoms with Crippen molar-refractivity contribution in [3.63, 3.8) is 0 Å². The van der Waals surface area contributed by atoms with Crippen molar-refractivity contribution in [1.82, 2.24) is 14.2 Å². The van der Waals surface area contributed by atoms with Crippen LogP contribution in [0.4, 0.5) is 15.8 Å². The van der Waals surface area contributed by atoms with E-state index in [1.165, 1.54) is 29.5 Å². The Labute approximate surface area is 219 Å². The Bertz CT molecular complexity index is 1270. The molecule has 0 atom stereocenters. The molecule has 2 saturated heterocycles. The molecule has 194 valence electrons. The molecule has 2 aliphatic heterocycles. The lowest BCUT2D eigenvalue weighted by Gasteiger charge is -2.53. The molecule has 12 heteroatoms. The molecule has 1 spiro atoms. The van der Waals surface area contributed by atoms with Crippen molar-refractivity contribution >= 4 is 37.3 Å². The highest BCUT2D eigenvalue weighted by molar-refractivity contribution is 9.10. The third kappa shape index (κ3) is 5.62. The second kappa shape index (κ2) is 10.1. The van der Waals surface area contributed by atoms with Crippen LogP contribution in [0.2, 0.25) is 0 Å². The van der Waals surface area contributed by atoms with E-state index in [1.54, 1.807) is 0 Å². The van der Waals surface area contributed by atoms with Crippen LogP contribution in [0.5, 0.6) is 11.6 Å². The number of hydrogen-bond acceptors (Lipinski definition) is 7. The molecule has 9 nitrogen and oxygen atoms in total. The molecule has 3 fully saturated rings. The molecule has 3 aliphatic rings. The van der Waals surface area contributed by atoms with Gasteiger partial charge in [-0.2, -0.15) is 5.11 Å². The molecule has 2 aromatic rings. The molecular formula is C24H31BrFN6O3S+. The summed E-state index contributed by atoms with van der Waals surface area (Å²) in [7, 11) is -3.18. The van der Waals surface area contributed by atoms with E-state index in [2.05, 4.69) is 36.2 Å². The van der Waals surface area contributed by atoms with Crippen molar-refractivity contribution in [2.45, 2.75) is 32.2 Å². The zero-order chi connectivity index (χ0) is 25.5. The van der Waals surface area contributed by atoms with Gasteiger partial charge in [0.1, 0.15) is 11.6 Å². The quantitative estimate of drug-likeness (QED) is 0.344. The Kier molecular flexibility index (Phi) is 7.16. The number of halogens is 2. The molecule has 0 unspecified atom stereocenters. The number of rotatable bonds is 9.